The summed E-state index contributed by atoms with van der Waals surface area (Å²) in [4.78, 5) is 242. The smallest absolute Gasteiger partial charge is 0.336 e. The van der Waals surface area contributed by atoms with Crippen LogP contribution in [0.2, 0.25) is 0 Å². The second-order valence-corrected chi connectivity index (χ2v) is 40.4. The Hall–Kier alpha value is -4.69. The minimum absolute atomic E-state index is 0.0189. The van der Waals surface area contributed by atoms with Gasteiger partial charge in [-0.2, -0.15) is 215 Å². The molecule has 58 heteroatoms. The van der Waals surface area contributed by atoms with Gasteiger partial charge in [-0.25, -0.2) is 28.1 Å². The number of carbonyl (C=O) groups is 17. The molecular formula is C84H137N3O38S17. The fraction of sp³-hybridized carbons (Fsp3) is 0.762. The van der Waals surface area contributed by atoms with Gasteiger partial charge in [-0.15, -0.1) is 0 Å². The highest BCUT2D eigenvalue weighted by molar-refractivity contribution is 7.83. The zero-order valence-corrected chi connectivity index (χ0v) is 94.7. The van der Waals surface area contributed by atoms with Gasteiger partial charge in [-0.1, -0.05) is 27.7 Å². The van der Waals surface area contributed by atoms with E-state index in [4.69, 9.17) is 85.3 Å². The number of esters is 17. The Bertz CT molecular complexity index is 3590. The lowest BCUT2D eigenvalue weighted by molar-refractivity contribution is -0.177. The van der Waals surface area contributed by atoms with Crippen molar-refractivity contribution in [3.8, 4) is 0 Å². The number of aromatic nitrogens is 3. The van der Waals surface area contributed by atoms with Crippen molar-refractivity contribution in [3.63, 3.8) is 0 Å². The molecule has 1 aromatic rings. The normalized spacial score (nSPS) is 12.3. The zero-order chi connectivity index (χ0) is 108. The van der Waals surface area contributed by atoms with Gasteiger partial charge in [-0.05, 0) is 0 Å². The first-order valence-electron chi connectivity index (χ1n) is 44.1. The number of carbonyl (C=O) groups excluding carboxylic acids is 17. The highest BCUT2D eigenvalue weighted by Crippen LogP contribution is 2.29. The topological polar surface area (TPSA) is 522 Å². The van der Waals surface area contributed by atoms with Crippen LogP contribution in [0.3, 0.4) is 0 Å². The number of rotatable bonds is 75. The third kappa shape index (κ3) is 71.9. The highest BCUT2D eigenvalue weighted by Gasteiger charge is 2.43. The monoisotopic (exact) mass is 2340 g/mol. The number of thiol groups is 17. The summed E-state index contributed by atoms with van der Waals surface area (Å²) in [6, 6.07) is 0. The van der Waals surface area contributed by atoms with Crippen molar-refractivity contribution in [1.29, 1.82) is 0 Å². The molecule has 1 heterocycles. The molecule has 0 aliphatic rings. The lowest BCUT2D eigenvalue weighted by atomic mass is 9.90. The Morgan fingerprint density at radius 3 is 0.430 bits per heavy atom. The first-order chi connectivity index (χ1) is 67.3. The molecule has 1 aromatic heterocycles. The Morgan fingerprint density at radius 2 is 0.310 bits per heavy atom. The molecule has 0 saturated heterocycles. The minimum atomic E-state index is -1.41. The van der Waals surface area contributed by atoms with E-state index in [1.165, 1.54) is 0 Å². The molecule has 0 aliphatic carbocycles. The summed E-state index contributed by atoms with van der Waals surface area (Å²) in [5.74, 6) is -6.36. The standard InChI is InChI=1S/C28H46O13S6.C21H36O8S4.C18H27N3O9S3.C17H28O8S4/c29-21(1-7-42)36-15-27(16-37-22(30)2-8-43,17-38-23(31)3-9-44)13-35-14-28(18-39-24(32)4-10-45,19-40-25(33)5-11-46)20-41-26(34)6-12-47;1-13(30)5-17(22)26-9-21(10-27-18(23)6-14(2)31,11-28-19(24)7-15(3)32)12-29-20(25)8-16(4)33;22-13(1-10-31)28-7-4-19-16(25)20(5-8-29-14(23)2-11-32)18(27)21(17(19)26)6-9-30-15(24)3-12-33;18-13(1-5-26)22-9-17(10-23-14(19)2-6-27,11-24-15(20)3-7-28)12-25-16(21)4-8-29/h42-47H,1-20H2;13-16,30-33H,5-12H2,1-4H3;31-33H,1-12H2;26-29H,1-12H2. The Balaban J connectivity index is -0.00000185. The van der Waals surface area contributed by atoms with Crippen molar-refractivity contribution in [2.24, 2.45) is 21.7 Å². The largest absolute Gasteiger partial charge is 0.465 e. The van der Waals surface area contributed by atoms with E-state index in [0.29, 0.717) is 0 Å². The van der Waals surface area contributed by atoms with Crippen molar-refractivity contribution < 1.29 is 167 Å². The molecule has 0 aliphatic heterocycles. The van der Waals surface area contributed by atoms with Crippen molar-refractivity contribution in [2.75, 3.05) is 200 Å². The van der Waals surface area contributed by atoms with Gasteiger partial charge in [0.15, 0.2) is 0 Å². The molecule has 0 saturated carbocycles. The first kappa shape index (κ1) is 141. The van der Waals surface area contributed by atoms with Crippen molar-refractivity contribution in [3.05, 3.63) is 31.5 Å². The molecule has 1 rings (SSSR count). The SMILES string of the molecule is CC(S)CC(=O)OCC(COC(=O)CC(C)S)(COC(=O)CC(C)S)COC(=O)CC(C)S.O=C(CCS)OCC(COC(=O)CCS)(COC(=O)CCS)COC(=O)CCS.O=C(CCS)OCC(COCC(COC(=O)CCS)(COC(=O)CCS)COC(=O)CCS)(COC(=O)CCS)COC(=O)CCS.O=C(CCS)OCCn1c(=O)n(CCOC(=O)CCS)c(=O)n(CCOC(=O)CCS)c1=O. The summed E-state index contributed by atoms with van der Waals surface area (Å²) < 4.78 is 97.9. The van der Waals surface area contributed by atoms with Crippen LogP contribution in [0.15, 0.2) is 14.4 Å². The zero-order valence-electron chi connectivity index (χ0n) is 79.5. The van der Waals surface area contributed by atoms with E-state index in [9.17, 15) is 95.9 Å². The van der Waals surface area contributed by atoms with Crippen molar-refractivity contribution >= 4 is 316 Å². The molecule has 4 unspecified atom stereocenters. The number of ether oxygens (including phenoxy) is 18. The highest BCUT2D eigenvalue weighted by atomic mass is 32.1. The summed E-state index contributed by atoms with van der Waals surface area (Å²) in [6.07, 6.45) is 0.495. The Morgan fingerprint density at radius 1 is 0.197 bits per heavy atom. The summed E-state index contributed by atoms with van der Waals surface area (Å²) in [5.41, 5.74) is -8.24. The molecule has 0 amide bonds. The number of hydrogen-bond donors (Lipinski definition) is 17. The minimum Gasteiger partial charge on any atom is -0.465 e. The number of nitrogens with zero attached hydrogens (tertiary/aromatic N) is 3. The van der Waals surface area contributed by atoms with E-state index in [-0.39, 0.29) is 350 Å². The van der Waals surface area contributed by atoms with E-state index in [1.54, 1.807) is 27.7 Å². The van der Waals surface area contributed by atoms with Crippen LogP contribution in [0.5, 0.6) is 0 Å². The quantitative estimate of drug-likeness (QED) is 0.0223. The molecule has 0 spiro atoms. The summed E-state index contributed by atoms with van der Waals surface area (Å²) >= 11 is 68.5. The molecule has 0 bridgehead atoms. The molecule has 142 heavy (non-hydrogen) atoms. The first-order valence-corrected chi connectivity index (χ1v) is 54.4. The average Bonchev–Trinajstić information content (AvgIpc) is 0.781. The van der Waals surface area contributed by atoms with Crippen molar-refractivity contribution in [1.82, 2.24) is 13.7 Å². The number of hydrogen-bond acceptors (Lipinski definition) is 55. The predicted molar refractivity (Wildman–Crippen MR) is 578 cm³/mol. The van der Waals surface area contributed by atoms with Gasteiger partial charge < -0.3 is 85.3 Å². The lowest BCUT2D eigenvalue weighted by Gasteiger charge is -2.35. The second kappa shape index (κ2) is 86.0. The van der Waals surface area contributed by atoms with Crippen molar-refractivity contribution in [2.45, 2.75) is 177 Å². The van der Waals surface area contributed by atoms with Gasteiger partial charge >= 0.3 is 119 Å². The summed E-state index contributed by atoms with van der Waals surface area (Å²) in [7, 11) is 0. The molecular weight excluding hydrogens is 2200 g/mol. The van der Waals surface area contributed by atoms with Gasteiger partial charge in [0, 0.05) is 95.8 Å². The third-order valence-electron chi connectivity index (χ3n) is 17.4. The Labute approximate surface area is 919 Å². The molecule has 0 fully saturated rings. The molecule has 41 nitrogen and oxygen atoms in total. The van der Waals surface area contributed by atoms with Crippen LogP contribution in [0, 0.1) is 21.7 Å². The van der Waals surface area contributed by atoms with Crippen LogP contribution in [-0.4, -0.2) is 336 Å². The van der Waals surface area contributed by atoms with Crippen LogP contribution in [-0.2, 0) is 186 Å². The Kier molecular flexibility index (Phi) is 85.7. The third-order valence-corrected chi connectivity index (χ3v) is 21.1. The molecule has 0 aromatic carbocycles. The molecule has 4 atom stereocenters. The van der Waals surface area contributed by atoms with E-state index >= 15 is 0 Å². The fourth-order valence-corrected chi connectivity index (χ4v) is 13.1. The van der Waals surface area contributed by atoms with Gasteiger partial charge in [-0.3, -0.25) is 81.5 Å². The van der Waals surface area contributed by atoms with Crippen LogP contribution in [0.1, 0.15) is 137 Å². The summed E-state index contributed by atoms with van der Waals surface area (Å²) in [5, 5.41) is -0.922. The van der Waals surface area contributed by atoms with Gasteiger partial charge in [0.1, 0.15) is 123 Å². The van der Waals surface area contributed by atoms with Gasteiger partial charge in [0.2, 0.25) is 0 Å². The van der Waals surface area contributed by atoms with Gasteiger partial charge in [0.25, 0.3) is 0 Å². The van der Waals surface area contributed by atoms with E-state index in [2.05, 4.69) is 215 Å². The second-order valence-electron chi connectivity index (χ2n) is 31.1. The van der Waals surface area contributed by atoms with Crippen LogP contribution >= 0.6 is 215 Å². The maximum atomic E-state index is 12.7. The van der Waals surface area contributed by atoms with Crippen LogP contribution in [0.4, 0.5) is 0 Å². The van der Waals surface area contributed by atoms with E-state index in [0.717, 1.165) is 13.7 Å². The van der Waals surface area contributed by atoms with Crippen LogP contribution < -0.4 is 17.1 Å². The maximum Gasteiger partial charge on any atom is 0.336 e. The molecule has 818 valence electrons. The summed E-state index contributed by atoms with van der Waals surface area (Å²) in [6.45, 7) is -0.198. The lowest BCUT2D eigenvalue weighted by Crippen LogP contribution is -2.55. The fourth-order valence-electron chi connectivity index (χ4n) is 10.1. The predicted octanol–water partition coefficient (Wildman–Crippen LogP) is 5.32. The average molecular weight is 2340 g/mol. The molecule has 0 N–H and O–H groups in total. The maximum absolute atomic E-state index is 12.7. The van der Waals surface area contributed by atoms with Crippen LogP contribution in [0.25, 0.3) is 0 Å². The van der Waals surface area contributed by atoms with E-state index < -0.39 is 140 Å². The van der Waals surface area contributed by atoms with Gasteiger partial charge in [0.05, 0.1) is 153 Å². The van der Waals surface area contributed by atoms with E-state index in [1.807, 2.05) is 0 Å². The molecule has 0 radical (unpaired) electrons.